The lowest BCUT2D eigenvalue weighted by Gasteiger charge is -2.06. The van der Waals surface area contributed by atoms with Gasteiger partial charge >= 0.3 is 0 Å². The van der Waals surface area contributed by atoms with Crippen LogP contribution in [0, 0.1) is 6.92 Å². The maximum absolute atomic E-state index is 12.7. The van der Waals surface area contributed by atoms with Gasteiger partial charge < -0.3 is 15.0 Å². The number of fused-ring (bicyclic) bond motifs is 1. The molecule has 0 fully saturated rings. The Bertz CT molecular complexity index is 1250. The van der Waals surface area contributed by atoms with Gasteiger partial charge in [0.2, 0.25) is 0 Å². The number of benzene rings is 2. The topological polar surface area (TPSA) is 84.1 Å². The summed E-state index contributed by atoms with van der Waals surface area (Å²) in [6.07, 6.45) is 1.25. The molecule has 4 rings (SSSR count). The van der Waals surface area contributed by atoms with Crippen LogP contribution in [-0.2, 0) is 17.8 Å². The summed E-state index contributed by atoms with van der Waals surface area (Å²) in [7, 11) is 0. The predicted molar refractivity (Wildman–Crippen MR) is 127 cm³/mol. The number of carbonyl (C=O) groups excluding carboxylic acids is 1. The van der Waals surface area contributed by atoms with Crippen molar-refractivity contribution in [1.82, 2.24) is 15.3 Å². The highest BCUT2D eigenvalue weighted by Crippen LogP contribution is 2.27. The number of nitrogens with one attached hydrogen (secondary N) is 2. The summed E-state index contributed by atoms with van der Waals surface area (Å²) < 4.78 is 5.65. The van der Waals surface area contributed by atoms with E-state index in [0.717, 1.165) is 11.1 Å². The van der Waals surface area contributed by atoms with Gasteiger partial charge in [-0.15, -0.1) is 11.3 Å². The minimum Gasteiger partial charge on any atom is -0.377 e. The van der Waals surface area contributed by atoms with Crippen molar-refractivity contribution in [3.8, 4) is 0 Å². The molecule has 2 heterocycles. The molecule has 0 aliphatic heterocycles. The lowest BCUT2D eigenvalue weighted by atomic mass is 10.1. The second-order valence-electron chi connectivity index (χ2n) is 7.56. The molecule has 0 aliphatic carbocycles. The Hall–Kier alpha value is -3.29. The maximum Gasteiger partial charge on any atom is 0.261 e. The standard InChI is InChI=1S/C25H25N3O3S/c1-17-21-23(29)27-20(15-18-9-4-2-5-10-18)28-25(21)32-22(17)24(30)26-13-8-14-31-16-19-11-6-3-7-12-19/h2-7,9-12H,8,13-16H2,1H3,(H,26,30)(H,27,28,29). The molecule has 0 atom stereocenters. The SMILES string of the molecule is Cc1c(C(=O)NCCCOCc2ccccc2)sc2nc(Cc3ccccc3)[nH]c(=O)c12. The third-order valence-corrected chi connectivity index (χ3v) is 6.32. The molecule has 2 N–H and O–H groups in total. The van der Waals surface area contributed by atoms with Gasteiger partial charge in [0.25, 0.3) is 11.5 Å². The van der Waals surface area contributed by atoms with Gasteiger partial charge in [-0.2, -0.15) is 0 Å². The predicted octanol–water partition coefficient (Wildman–Crippen LogP) is 4.22. The zero-order valence-electron chi connectivity index (χ0n) is 17.9. The smallest absolute Gasteiger partial charge is 0.261 e. The van der Waals surface area contributed by atoms with Crippen molar-refractivity contribution in [3.05, 3.63) is 98.4 Å². The highest BCUT2D eigenvalue weighted by molar-refractivity contribution is 7.20. The first-order chi connectivity index (χ1) is 15.6. The molecule has 2 aromatic heterocycles. The first-order valence-electron chi connectivity index (χ1n) is 10.6. The van der Waals surface area contributed by atoms with Crippen molar-refractivity contribution < 1.29 is 9.53 Å². The van der Waals surface area contributed by atoms with E-state index in [1.54, 1.807) is 6.92 Å². The summed E-state index contributed by atoms with van der Waals surface area (Å²) in [6.45, 7) is 3.42. The molecule has 32 heavy (non-hydrogen) atoms. The summed E-state index contributed by atoms with van der Waals surface area (Å²) in [5, 5.41) is 3.41. The molecular formula is C25H25N3O3S. The zero-order valence-corrected chi connectivity index (χ0v) is 18.7. The van der Waals surface area contributed by atoms with E-state index in [1.807, 2.05) is 60.7 Å². The van der Waals surface area contributed by atoms with Crippen LogP contribution in [0.15, 0.2) is 65.5 Å². The molecule has 0 saturated heterocycles. The average molecular weight is 448 g/mol. The number of aromatic amines is 1. The Labute approximate surface area is 190 Å². The third-order valence-electron chi connectivity index (χ3n) is 5.13. The summed E-state index contributed by atoms with van der Waals surface area (Å²) in [6, 6.07) is 19.8. The number of thiophene rings is 1. The van der Waals surface area contributed by atoms with Crippen LogP contribution in [0.1, 0.15) is 38.6 Å². The number of aromatic nitrogens is 2. The van der Waals surface area contributed by atoms with Gasteiger partial charge in [-0.05, 0) is 30.0 Å². The number of carbonyl (C=O) groups is 1. The molecule has 164 valence electrons. The van der Waals surface area contributed by atoms with E-state index in [4.69, 9.17) is 4.74 Å². The molecule has 0 radical (unpaired) electrons. The molecule has 0 aliphatic rings. The van der Waals surface area contributed by atoms with Crippen molar-refractivity contribution in [2.45, 2.75) is 26.4 Å². The molecular weight excluding hydrogens is 422 g/mol. The van der Waals surface area contributed by atoms with Crippen molar-refractivity contribution in [1.29, 1.82) is 0 Å². The first-order valence-corrected chi connectivity index (χ1v) is 11.4. The Morgan fingerprint density at radius 1 is 1.06 bits per heavy atom. The highest BCUT2D eigenvalue weighted by atomic mass is 32.1. The normalized spacial score (nSPS) is 11.0. The lowest BCUT2D eigenvalue weighted by molar-refractivity contribution is 0.0938. The Balaban J connectivity index is 1.35. The maximum atomic E-state index is 12.7. The monoisotopic (exact) mass is 447 g/mol. The fraction of sp³-hybridized carbons (Fsp3) is 0.240. The van der Waals surface area contributed by atoms with Crippen LogP contribution in [0.2, 0.25) is 0 Å². The number of H-pyrrole nitrogens is 1. The number of amides is 1. The Morgan fingerprint density at radius 2 is 1.75 bits per heavy atom. The van der Waals surface area contributed by atoms with Crippen LogP contribution < -0.4 is 10.9 Å². The molecule has 0 saturated carbocycles. The average Bonchev–Trinajstić information content (AvgIpc) is 3.14. The van der Waals surface area contributed by atoms with Gasteiger partial charge in [-0.3, -0.25) is 9.59 Å². The van der Waals surface area contributed by atoms with Crippen molar-refractivity contribution in [2.75, 3.05) is 13.2 Å². The van der Waals surface area contributed by atoms with Crippen LogP contribution in [-0.4, -0.2) is 29.0 Å². The first kappa shape index (κ1) is 21.9. The van der Waals surface area contributed by atoms with Gasteiger partial charge in [0, 0.05) is 19.6 Å². The summed E-state index contributed by atoms with van der Waals surface area (Å²) in [4.78, 5) is 33.9. The zero-order chi connectivity index (χ0) is 22.3. The molecule has 4 aromatic rings. The minimum atomic E-state index is -0.206. The van der Waals surface area contributed by atoms with Crippen LogP contribution >= 0.6 is 11.3 Å². The van der Waals surface area contributed by atoms with E-state index in [0.29, 0.717) is 59.1 Å². The van der Waals surface area contributed by atoms with E-state index >= 15 is 0 Å². The number of ether oxygens (including phenoxy) is 1. The van der Waals surface area contributed by atoms with E-state index in [9.17, 15) is 9.59 Å². The van der Waals surface area contributed by atoms with Gasteiger partial charge in [0.15, 0.2) is 0 Å². The van der Waals surface area contributed by atoms with Crippen LogP contribution in [0.3, 0.4) is 0 Å². The Kier molecular flexibility index (Phi) is 7.09. The van der Waals surface area contributed by atoms with Gasteiger partial charge in [0.1, 0.15) is 10.7 Å². The van der Waals surface area contributed by atoms with Crippen LogP contribution in [0.4, 0.5) is 0 Å². The second-order valence-corrected chi connectivity index (χ2v) is 8.56. The van der Waals surface area contributed by atoms with Crippen LogP contribution in [0.5, 0.6) is 0 Å². The van der Waals surface area contributed by atoms with Crippen molar-refractivity contribution in [2.24, 2.45) is 0 Å². The Morgan fingerprint density at radius 3 is 2.47 bits per heavy atom. The van der Waals surface area contributed by atoms with Crippen molar-refractivity contribution in [3.63, 3.8) is 0 Å². The molecule has 2 aromatic carbocycles. The lowest BCUT2D eigenvalue weighted by Crippen LogP contribution is -2.25. The number of hydrogen-bond donors (Lipinski definition) is 2. The molecule has 0 spiro atoms. The number of rotatable bonds is 9. The fourth-order valence-corrected chi connectivity index (χ4v) is 4.62. The number of aryl methyl sites for hydroxylation is 1. The summed E-state index contributed by atoms with van der Waals surface area (Å²) >= 11 is 1.26. The molecule has 6 nitrogen and oxygen atoms in total. The summed E-state index contributed by atoms with van der Waals surface area (Å²) in [5.74, 6) is 0.412. The van der Waals surface area contributed by atoms with Crippen LogP contribution in [0.25, 0.3) is 10.2 Å². The quantitative estimate of drug-likeness (QED) is 0.376. The van der Waals surface area contributed by atoms with E-state index in [-0.39, 0.29) is 11.5 Å². The number of nitrogens with zero attached hydrogens (tertiary/aromatic N) is 1. The fourth-order valence-electron chi connectivity index (χ4n) is 3.50. The van der Waals surface area contributed by atoms with E-state index in [1.165, 1.54) is 11.3 Å². The molecule has 0 unspecified atom stereocenters. The van der Waals surface area contributed by atoms with Crippen molar-refractivity contribution >= 4 is 27.5 Å². The number of hydrogen-bond acceptors (Lipinski definition) is 5. The van der Waals surface area contributed by atoms with Gasteiger partial charge in [-0.1, -0.05) is 60.7 Å². The molecule has 7 heteroatoms. The van der Waals surface area contributed by atoms with Gasteiger partial charge in [-0.25, -0.2) is 4.98 Å². The second kappa shape index (κ2) is 10.3. The largest absolute Gasteiger partial charge is 0.377 e. The summed E-state index contributed by atoms with van der Waals surface area (Å²) in [5.41, 5.74) is 2.66. The third kappa shape index (κ3) is 5.30. The van der Waals surface area contributed by atoms with E-state index in [2.05, 4.69) is 15.3 Å². The van der Waals surface area contributed by atoms with Gasteiger partial charge in [0.05, 0.1) is 16.9 Å². The molecule has 0 bridgehead atoms. The highest BCUT2D eigenvalue weighted by Gasteiger charge is 2.19. The molecule has 1 amide bonds. The minimum absolute atomic E-state index is 0.183. The van der Waals surface area contributed by atoms with E-state index < -0.39 is 0 Å².